The number of azo groups is 1. The van der Waals surface area contributed by atoms with Crippen molar-refractivity contribution < 1.29 is 17.1 Å². The molecule has 2 radical (unpaired) electrons. The van der Waals surface area contributed by atoms with Gasteiger partial charge in [0, 0.05) is 9.13 Å². The van der Waals surface area contributed by atoms with E-state index in [1.807, 2.05) is 104 Å². The minimum absolute atomic E-state index is 0. The maximum atomic E-state index is 4.27. The van der Waals surface area contributed by atoms with Crippen molar-refractivity contribution in [2.45, 2.75) is 0 Å². The number of rotatable bonds is 2. The Morgan fingerprint density at radius 3 is 2.32 bits per heavy atom. The van der Waals surface area contributed by atoms with Crippen LogP contribution in [0.5, 0.6) is 0 Å². The zero-order valence-electron chi connectivity index (χ0n) is 14.9. The van der Waals surface area contributed by atoms with Gasteiger partial charge in [0.15, 0.2) is 0 Å². The molecular formula is C24H17FeIN2. The second kappa shape index (κ2) is 12.3. The molecule has 0 saturated heterocycles. The summed E-state index contributed by atoms with van der Waals surface area (Å²) in [6, 6.07) is 23.6. The fourth-order valence-electron chi connectivity index (χ4n) is 2.19. The molecule has 1 aliphatic rings. The fourth-order valence-corrected chi connectivity index (χ4v) is 2.55. The van der Waals surface area contributed by atoms with Gasteiger partial charge in [-0.1, -0.05) is 6.07 Å². The average Bonchev–Trinajstić information content (AvgIpc) is 3.43. The summed E-state index contributed by atoms with van der Waals surface area (Å²) < 4.78 is 1.18. The minimum Gasteiger partial charge on any atom is -0.231 e. The van der Waals surface area contributed by atoms with Gasteiger partial charge in [0.05, 0.1) is 11.4 Å². The topological polar surface area (TPSA) is 24.7 Å². The van der Waals surface area contributed by atoms with Gasteiger partial charge >= 0.3 is 17.1 Å². The summed E-state index contributed by atoms with van der Waals surface area (Å²) in [6.07, 6.45) is 10.0. The summed E-state index contributed by atoms with van der Waals surface area (Å²) in [5.74, 6) is 6.27. The van der Waals surface area contributed by atoms with Crippen LogP contribution in [0.15, 0.2) is 95.2 Å². The van der Waals surface area contributed by atoms with E-state index in [-0.39, 0.29) is 17.1 Å². The maximum Gasteiger partial charge on any atom is 2.00 e. The molecular weight excluding hydrogens is 499 g/mol. The van der Waals surface area contributed by atoms with Gasteiger partial charge in [0.1, 0.15) is 0 Å². The van der Waals surface area contributed by atoms with Crippen molar-refractivity contribution >= 4 is 34.0 Å². The van der Waals surface area contributed by atoms with Gasteiger partial charge in [0.2, 0.25) is 0 Å². The van der Waals surface area contributed by atoms with Crippen LogP contribution in [-0.4, -0.2) is 0 Å². The third-order valence-corrected chi connectivity index (χ3v) is 4.24. The first-order valence-electron chi connectivity index (χ1n) is 8.47. The van der Waals surface area contributed by atoms with Crippen molar-refractivity contribution in [1.82, 2.24) is 0 Å². The molecule has 28 heavy (non-hydrogen) atoms. The van der Waals surface area contributed by atoms with Crippen LogP contribution < -0.4 is 0 Å². The summed E-state index contributed by atoms with van der Waals surface area (Å²) >= 11 is 2.27. The maximum absolute atomic E-state index is 4.27. The molecule has 4 rings (SSSR count). The van der Waals surface area contributed by atoms with Gasteiger partial charge in [-0.2, -0.15) is 34.3 Å². The van der Waals surface area contributed by atoms with Crippen molar-refractivity contribution in [2.24, 2.45) is 10.2 Å². The van der Waals surface area contributed by atoms with Crippen LogP contribution in [0.25, 0.3) is 0 Å². The van der Waals surface area contributed by atoms with E-state index in [0.717, 1.165) is 22.5 Å². The van der Waals surface area contributed by atoms with E-state index in [4.69, 9.17) is 0 Å². The van der Waals surface area contributed by atoms with E-state index in [0.29, 0.717) is 0 Å². The van der Waals surface area contributed by atoms with E-state index in [2.05, 4.69) is 44.7 Å². The molecule has 0 aromatic heterocycles. The Hall–Kier alpha value is -2.19. The van der Waals surface area contributed by atoms with Crippen LogP contribution in [0.2, 0.25) is 0 Å². The third-order valence-electron chi connectivity index (χ3n) is 3.52. The monoisotopic (exact) mass is 516 g/mol. The van der Waals surface area contributed by atoms with Crippen molar-refractivity contribution in [3.05, 3.63) is 119 Å². The Bertz CT molecular complexity index is 956. The molecule has 3 aromatic rings. The number of benzene rings is 2. The molecule has 0 atom stereocenters. The van der Waals surface area contributed by atoms with E-state index >= 15 is 0 Å². The molecule has 0 spiro atoms. The smallest absolute Gasteiger partial charge is 0.231 e. The molecule has 0 bridgehead atoms. The van der Waals surface area contributed by atoms with E-state index in [9.17, 15) is 0 Å². The van der Waals surface area contributed by atoms with E-state index < -0.39 is 0 Å². The van der Waals surface area contributed by atoms with Gasteiger partial charge in [-0.05, 0) is 65.1 Å². The van der Waals surface area contributed by atoms with Crippen molar-refractivity contribution in [2.75, 3.05) is 0 Å². The Kier molecular flexibility index (Phi) is 9.71. The fraction of sp³-hybridized carbons (Fsp3) is 0. The first kappa shape index (κ1) is 22.1. The van der Waals surface area contributed by atoms with Crippen molar-refractivity contribution in [3.8, 4) is 11.8 Å². The van der Waals surface area contributed by atoms with Crippen LogP contribution in [0.3, 0.4) is 0 Å². The molecule has 138 valence electrons. The van der Waals surface area contributed by atoms with Crippen LogP contribution in [0.4, 0.5) is 11.4 Å². The molecule has 0 heterocycles. The molecule has 3 aromatic carbocycles. The van der Waals surface area contributed by atoms with E-state index in [1.54, 1.807) is 0 Å². The molecule has 0 aliphatic heterocycles. The molecule has 2 nitrogen and oxygen atoms in total. The van der Waals surface area contributed by atoms with Crippen LogP contribution >= 0.6 is 22.6 Å². The number of hydrogen-bond acceptors (Lipinski definition) is 2. The Labute approximate surface area is 191 Å². The quantitative estimate of drug-likeness (QED) is 0.115. The summed E-state index contributed by atoms with van der Waals surface area (Å²) in [4.78, 5) is 0. The Balaban J connectivity index is 0.000000408. The summed E-state index contributed by atoms with van der Waals surface area (Å²) in [6.45, 7) is 0. The predicted molar refractivity (Wildman–Crippen MR) is 120 cm³/mol. The van der Waals surface area contributed by atoms with Crippen molar-refractivity contribution in [1.29, 1.82) is 0 Å². The standard InChI is InChI=1S/C19H12IN2.C5H5.Fe/c20-17-10-12-18(13-11-17)21-22-19-7-3-6-16(14-19)9-8-15-4-1-2-5-15;1-2-4-5-3-1;/h1-7,10-14H;1-5H;/q2*-1;+2. The average molecular weight is 516 g/mol. The zero-order valence-corrected chi connectivity index (χ0v) is 18.2. The van der Waals surface area contributed by atoms with Crippen LogP contribution in [0.1, 0.15) is 11.1 Å². The second-order valence-electron chi connectivity index (χ2n) is 5.61. The number of nitrogens with zero attached hydrogens (tertiary/aromatic N) is 2. The molecule has 0 fully saturated rings. The van der Waals surface area contributed by atoms with Gasteiger partial charge in [-0.15, -0.1) is 30.4 Å². The largest absolute Gasteiger partial charge is 2.00 e. The zero-order chi connectivity index (χ0) is 18.7. The van der Waals surface area contributed by atoms with Gasteiger partial charge < -0.3 is 0 Å². The summed E-state index contributed by atoms with van der Waals surface area (Å²) in [5.41, 5.74) is 3.59. The third kappa shape index (κ3) is 7.82. The predicted octanol–water partition coefficient (Wildman–Crippen LogP) is 6.99. The van der Waals surface area contributed by atoms with Gasteiger partial charge in [0.25, 0.3) is 0 Å². The van der Waals surface area contributed by atoms with E-state index in [1.165, 1.54) is 3.57 Å². The number of halogens is 1. The Morgan fingerprint density at radius 2 is 1.68 bits per heavy atom. The minimum atomic E-state index is 0. The van der Waals surface area contributed by atoms with Crippen LogP contribution in [-0.2, 0) is 17.1 Å². The molecule has 0 saturated carbocycles. The SMILES string of the molecule is Ic1ccc(N=Nc2cccc(C#Cc3ccc[cH-]3)c2)cc1.[CH]1[CH][CH-]C=C1.[Fe+2]. The number of allylic oxidation sites excluding steroid dienone is 2. The summed E-state index contributed by atoms with van der Waals surface area (Å²) in [7, 11) is 0. The summed E-state index contributed by atoms with van der Waals surface area (Å²) in [5, 5.41) is 8.51. The second-order valence-corrected chi connectivity index (χ2v) is 6.86. The molecule has 4 heteroatoms. The molecule has 1 aliphatic carbocycles. The Morgan fingerprint density at radius 1 is 0.857 bits per heavy atom. The first-order chi connectivity index (χ1) is 13.3. The van der Waals surface area contributed by atoms with Gasteiger partial charge in [-0.25, -0.2) is 18.6 Å². The van der Waals surface area contributed by atoms with Crippen molar-refractivity contribution in [3.63, 3.8) is 0 Å². The van der Waals surface area contributed by atoms with Crippen LogP contribution in [0, 0.1) is 34.7 Å². The van der Waals surface area contributed by atoms with Gasteiger partial charge in [-0.3, -0.25) is 0 Å². The normalized spacial score (nSPS) is 11.6. The first-order valence-corrected chi connectivity index (χ1v) is 9.55. The molecule has 0 N–H and O–H groups in total. The molecule has 0 unspecified atom stereocenters. The number of hydrogen-bond donors (Lipinski definition) is 0. The molecule has 0 amide bonds.